The van der Waals surface area contributed by atoms with Crippen molar-refractivity contribution in [2.45, 2.75) is 51.6 Å². The zero-order valence-corrected chi connectivity index (χ0v) is 12.8. The summed E-state index contributed by atoms with van der Waals surface area (Å²) in [5.74, 6) is 0.0974. The Morgan fingerprint density at radius 1 is 1.36 bits per heavy atom. The van der Waals surface area contributed by atoms with Crippen LogP contribution in [0.3, 0.4) is 0 Å². The summed E-state index contributed by atoms with van der Waals surface area (Å²) in [6.45, 7) is 3.15. The van der Waals surface area contributed by atoms with Crippen LogP contribution in [0.15, 0.2) is 6.07 Å². The summed E-state index contributed by atoms with van der Waals surface area (Å²) in [5, 5.41) is 12.9. The van der Waals surface area contributed by atoms with Crippen LogP contribution in [-0.2, 0) is 11.3 Å². The molecular formula is C15H22N4O3. The van der Waals surface area contributed by atoms with Gasteiger partial charge < -0.3 is 4.90 Å². The Kier molecular flexibility index (Phi) is 4.15. The molecule has 1 atom stereocenters. The highest BCUT2D eigenvalue weighted by molar-refractivity contribution is 5.91. The minimum absolute atomic E-state index is 0.101. The molecular weight excluding hydrogens is 284 g/mol. The number of nitrogens with one attached hydrogen (secondary N) is 1. The summed E-state index contributed by atoms with van der Waals surface area (Å²) in [6.07, 6.45) is 5.42. The van der Waals surface area contributed by atoms with Gasteiger partial charge in [0.25, 0.3) is 5.91 Å². The van der Waals surface area contributed by atoms with Gasteiger partial charge in [0.15, 0.2) is 5.69 Å². The van der Waals surface area contributed by atoms with Crippen LogP contribution >= 0.6 is 0 Å². The molecule has 22 heavy (non-hydrogen) atoms. The maximum Gasteiger partial charge on any atom is 0.295 e. The minimum Gasteiger partial charge on any atom is -0.333 e. The van der Waals surface area contributed by atoms with Gasteiger partial charge in [0.1, 0.15) is 0 Å². The molecule has 1 aromatic rings. The summed E-state index contributed by atoms with van der Waals surface area (Å²) in [7, 11) is 0. The van der Waals surface area contributed by atoms with Crippen LogP contribution in [0.4, 0.5) is 0 Å². The first kappa shape index (κ1) is 15.0. The molecule has 120 valence electrons. The molecule has 2 amide bonds. The smallest absolute Gasteiger partial charge is 0.295 e. The fourth-order valence-electron chi connectivity index (χ4n) is 3.59. The molecule has 1 unspecified atom stereocenters. The third-order valence-corrected chi connectivity index (χ3v) is 4.85. The van der Waals surface area contributed by atoms with Crippen molar-refractivity contribution in [1.82, 2.24) is 20.2 Å². The number of hydrogen-bond acceptors (Lipinski definition) is 4. The fourth-order valence-corrected chi connectivity index (χ4v) is 3.59. The highest BCUT2D eigenvalue weighted by Gasteiger charge is 2.31. The second-order valence-corrected chi connectivity index (χ2v) is 6.24. The standard InChI is InChI=1S/C15H22N4O3/c1-10-13-9-12(15(21)17-22)16-19(13)7-6-18(10)14(20)8-11-4-2-3-5-11/h9-11,22H,2-8H2,1H3,(H,17,21). The Morgan fingerprint density at radius 3 is 2.77 bits per heavy atom. The molecule has 7 nitrogen and oxygen atoms in total. The molecule has 0 aromatic carbocycles. The summed E-state index contributed by atoms with van der Waals surface area (Å²) in [5.41, 5.74) is 2.61. The van der Waals surface area contributed by atoms with E-state index in [2.05, 4.69) is 5.10 Å². The van der Waals surface area contributed by atoms with Crippen molar-refractivity contribution >= 4 is 11.8 Å². The number of hydroxylamine groups is 1. The third-order valence-electron chi connectivity index (χ3n) is 4.85. The molecule has 7 heteroatoms. The largest absolute Gasteiger partial charge is 0.333 e. The van der Waals surface area contributed by atoms with Gasteiger partial charge in [0.05, 0.1) is 18.3 Å². The van der Waals surface area contributed by atoms with E-state index < -0.39 is 5.91 Å². The van der Waals surface area contributed by atoms with Crippen molar-refractivity contribution in [3.8, 4) is 0 Å². The lowest BCUT2D eigenvalue weighted by Crippen LogP contribution is -2.41. The van der Waals surface area contributed by atoms with Crippen molar-refractivity contribution in [2.24, 2.45) is 5.92 Å². The first-order valence-corrected chi connectivity index (χ1v) is 7.92. The van der Waals surface area contributed by atoms with Crippen molar-refractivity contribution in [1.29, 1.82) is 0 Å². The maximum atomic E-state index is 12.5. The molecule has 0 radical (unpaired) electrons. The van der Waals surface area contributed by atoms with Gasteiger partial charge in [0.2, 0.25) is 5.91 Å². The third kappa shape index (κ3) is 2.72. The first-order valence-electron chi connectivity index (χ1n) is 7.92. The molecule has 0 bridgehead atoms. The SMILES string of the molecule is CC1c2cc(C(=O)NO)nn2CCN1C(=O)CC1CCCC1. The van der Waals surface area contributed by atoms with E-state index in [0.717, 1.165) is 18.5 Å². The van der Waals surface area contributed by atoms with Crippen LogP contribution in [-0.4, -0.2) is 38.2 Å². The molecule has 1 aliphatic carbocycles. The van der Waals surface area contributed by atoms with Gasteiger partial charge in [-0.1, -0.05) is 12.8 Å². The predicted molar refractivity (Wildman–Crippen MR) is 78.2 cm³/mol. The second kappa shape index (κ2) is 6.08. The van der Waals surface area contributed by atoms with E-state index in [1.54, 1.807) is 16.2 Å². The highest BCUT2D eigenvalue weighted by atomic mass is 16.5. The summed E-state index contributed by atoms with van der Waals surface area (Å²) in [6, 6.07) is 1.54. The highest BCUT2D eigenvalue weighted by Crippen LogP contribution is 2.31. The van der Waals surface area contributed by atoms with Crippen LogP contribution in [0.1, 0.15) is 61.3 Å². The van der Waals surface area contributed by atoms with Crippen molar-refractivity contribution < 1.29 is 14.8 Å². The molecule has 2 heterocycles. The van der Waals surface area contributed by atoms with Gasteiger partial charge in [-0.2, -0.15) is 5.10 Å². The molecule has 2 N–H and O–H groups in total. The lowest BCUT2D eigenvalue weighted by molar-refractivity contribution is -0.135. The quantitative estimate of drug-likeness (QED) is 0.654. The number of fused-ring (bicyclic) bond motifs is 1. The van der Waals surface area contributed by atoms with Crippen LogP contribution in [0.5, 0.6) is 0 Å². The Balaban J connectivity index is 1.72. The zero-order valence-electron chi connectivity index (χ0n) is 12.8. The van der Waals surface area contributed by atoms with Gasteiger partial charge in [-0.25, -0.2) is 5.48 Å². The van der Waals surface area contributed by atoms with Crippen LogP contribution in [0, 0.1) is 5.92 Å². The van der Waals surface area contributed by atoms with E-state index in [-0.39, 0.29) is 17.6 Å². The van der Waals surface area contributed by atoms with Gasteiger partial charge >= 0.3 is 0 Å². The van der Waals surface area contributed by atoms with Crippen LogP contribution in [0.25, 0.3) is 0 Å². The second-order valence-electron chi connectivity index (χ2n) is 6.24. The van der Waals surface area contributed by atoms with E-state index in [1.165, 1.54) is 12.8 Å². The fraction of sp³-hybridized carbons (Fsp3) is 0.667. The molecule has 2 aliphatic rings. The lowest BCUT2D eigenvalue weighted by atomic mass is 10.0. The van der Waals surface area contributed by atoms with Crippen molar-refractivity contribution in [2.75, 3.05) is 6.54 Å². The average Bonchev–Trinajstić information content (AvgIpc) is 3.16. The Morgan fingerprint density at radius 2 is 2.09 bits per heavy atom. The predicted octanol–water partition coefficient (Wildman–Crippen LogP) is 1.49. The van der Waals surface area contributed by atoms with E-state index >= 15 is 0 Å². The van der Waals surface area contributed by atoms with Gasteiger partial charge in [-0.05, 0) is 31.7 Å². The molecule has 1 aliphatic heterocycles. The summed E-state index contributed by atoms with van der Waals surface area (Å²) >= 11 is 0. The number of nitrogens with zero attached hydrogens (tertiary/aromatic N) is 3. The molecule has 1 aromatic heterocycles. The van der Waals surface area contributed by atoms with Crippen molar-refractivity contribution in [3.63, 3.8) is 0 Å². The topological polar surface area (TPSA) is 87.5 Å². The Hall–Kier alpha value is -1.89. The number of hydrogen-bond donors (Lipinski definition) is 2. The van der Waals surface area contributed by atoms with E-state index in [1.807, 2.05) is 11.8 Å². The van der Waals surface area contributed by atoms with Gasteiger partial charge in [0, 0.05) is 13.0 Å². The van der Waals surface area contributed by atoms with E-state index in [0.29, 0.717) is 25.4 Å². The van der Waals surface area contributed by atoms with E-state index in [4.69, 9.17) is 5.21 Å². The molecule has 0 saturated heterocycles. The normalized spacial score (nSPS) is 21.7. The molecule has 1 saturated carbocycles. The average molecular weight is 306 g/mol. The summed E-state index contributed by atoms with van der Waals surface area (Å²) in [4.78, 5) is 25.9. The number of carbonyl (C=O) groups is 2. The number of aromatic nitrogens is 2. The Labute approximate surface area is 129 Å². The minimum atomic E-state index is -0.627. The van der Waals surface area contributed by atoms with E-state index in [9.17, 15) is 9.59 Å². The number of rotatable bonds is 3. The van der Waals surface area contributed by atoms with Crippen molar-refractivity contribution in [3.05, 3.63) is 17.5 Å². The molecule has 3 rings (SSSR count). The maximum absolute atomic E-state index is 12.5. The molecule has 1 fully saturated rings. The first-order chi connectivity index (χ1) is 10.6. The van der Waals surface area contributed by atoms with Crippen LogP contribution in [0.2, 0.25) is 0 Å². The van der Waals surface area contributed by atoms with Gasteiger partial charge in [-0.15, -0.1) is 0 Å². The zero-order chi connectivity index (χ0) is 15.7. The van der Waals surface area contributed by atoms with Crippen LogP contribution < -0.4 is 5.48 Å². The van der Waals surface area contributed by atoms with Gasteiger partial charge in [-0.3, -0.25) is 19.5 Å². The summed E-state index contributed by atoms with van der Waals surface area (Å²) < 4.78 is 1.74. The lowest BCUT2D eigenvalue weighted by Gasteiger charge is -2.34. The Bertz CT molecular complexity index is 577. The monoisotopic (exact) mass is 306 g/mol. The number of amides is 2. The molecule has 0 spiro atoms. The number of carbonyl (C=O) groups excluding carboxylic acids is 2.